The van der Waals surface area contributed by atoms with Gasteiger partial charge in [-0.3, -0.25) is 4.99 Å². The molecule has 0 aromatic carbocycles. The molecule has 0 aromatic heterocycles. The predicted octanol–water partition coefficient (Wildman–Crippen LogP) is 2.50. The van der Waals surface area contributed by atoms with Gasteiger partial charge >= 0.3 is 0 Å². The number of hydrogen-bond donors (Lipinski definition) is 2. The lowest BCUT2D eigenvalue weighted by Crippen LogP contribution is -2.46. The van der Waals surface area contributed by atoms with Crippen LogP contribution in [-0.4, -0.2) is 77.6 Å². The zero-order valence-electron chi connectivity index (χ0n) is 17.9. The van der Waals surface area contributed by atoms with Crippen molar-refractivity contribution in [3.63, 3.8) is 0 Å². The summed E-state index contributed by atoms with van der Waals surface area (Å²) in [5.41, 5.74) is 0.388. The molecule has 2 fully saturated rings. The molecule has 0 aromatic rings. The molecule has 0 spiro atoms. The lowest BCUT2D eigenvalue weighted by atomic mass is 9.83. The van der Waals surface area contributed by atoms with Gasteiger partial charge in [-0.1, -0.05) is 12.8 Å². The first-order chi connectivity index (χ1) is 13.2. The highest BCUT2D eigenvalue weighted by Crippen LogP contribution is 2.40. The minimum Gasteiger partial charge on any atom is -0.383 e. The van der Waals surface area contributed by atoms with Gasteiger partial charge in [-0.15, -0.1) is 0 Å². The molecule has 2 rings (SSSR count). The van der Waals surface area contributed by atoms with Crippen LogP contribution in [0.15, 0.2) is 4.99 Å². The highest BCUT2D eigenvalue weighted by Gasteiger charge is 2.33. The second-order valence-corrected chi connectivity index (χ2v) is 8.24. The van der Waals surface area contributed by atoms with Crippen LogP contribution < -0.4 is 10.6 Å². The van der Waals surface area contributed by atoms with E-state index in [1.807, 2.05) is 7.05 Å². The number of nitrogens with zero attached hydrogens (tertiary/aromatic N) is 2. The number of ether oxygens (including phenoxy) is 2. The summed E-state index contributed by atoms with van der Waals surface area (Å²) in [7, 11) is 3.66. The van der Waals surface area contributed by atoms with Crippen molar-refractivity contribution in [2.75, 3.05) is 66.7 Å². The van der Waals surface area contributed by atoms with E-state index in [9.17, 15) is 0 Å². The zero-order chi connectivity index (χ0) is 19.4. The van der Waals surface area contributed by atoms with Crippen LogP contribution in [0.3, 0.4) is 0 Å². The SMILES string of the molecule is CCOCCC1(CNC(=NC)NCC2CCN(CCOC)CC2)CCCC1. The molecule has 158 valence electrons. The zero-order valence-corrected chi connectivity index (χ0v) is 17.9. The first-order valence-electron chi connectivity index (χ1n) is 10.9. The summed E-state index contributed by atoms with van der Waals surface area (Å²) >= 11 is 0. The van der Waals surface area contributed by atoms with Gasteiger partial charge in [-0.25, -0.2) is 0 Å². The smallest absolute Gasteiger partial charge is 0.191 e. The molecule has 6 heteroatoms. The standard InChI is InChI=1S/C21H42N4O2/c1-4-27-15-11-21(9-5-6-10-21)18-24-20(22-2)23-17-19-7-12-25(13-8-19)14-16-26-3/h19H,4-18H2,1-3H3,(H2,22,23,24). The molecule has 1 aliphatic carbocycles. The Balaban J connectivity index is 1.68. The van der Waals surface area contributed by atoms with Crippen LogP contribution in [0.2, 0.25) is 0 Å². The van der Waals surface area contributed by atoms with E-state index in [-0.39, 0.29) is 0 Å². The lowest BCUT2D eigenvalue weighted by Gasteiger charge is -2.33. The predicted molar refractivity (Wildman–Crippen MR) is 112 cm³/mol. The summed E-state index contributed by atoms with van der Waals surface area (Å²) in [4.78, 5) is 6.96. The molecular formula is C21H42N4O2. The molecule has 0 bridgehead atoms. The summed E-state index contributed by atoms with van der Waals surface area (Å²) in [5, 5.41) is 7.18. The molecular weight excluding hydrogens is 340 g/mol. The molecule has 6 nitrogen and oxygen atoms in total. The number of hydrogen-bond acceptors (Lipinski definition) is 4. The van der Waals surface area contributed by atoms with Crippen molar-refractivity contribution in [3.8, 4) is 0 Å². The Morgan fingerprint density at radius 3 is 2.52 bits per heavy atom. The normalized spacial score (nSPS) is 21.5. The Morgan fingerprint density at radius 1 is 1.15 bits per heavy atom. The Morgan fingerprint density at radius 2 is 1.89 bits per heavy atom. The van der Waals surface area contributed by atoms with Gasteiger partial charge in [-0.05, 0) is 63.5 Å². The van der Waals surface area contributed by atoms with Crippen LogP contribution in [0.25, 0.3) is 0 Å². The van der Waals surface area contributed by atoms with Gasteiger partial charge in [0.2, 0.25) is 0 Å². The maximum Gasteiger partial charge on any atom is 0.191 e. The van der Waals surface area contributed by atoms with Crippen LogP contribution in [0.4, 0.5) is 0 Å². The minimum absolute atomic E-state index is 0.388. The molecule has 0 unspecified atom stereocenters. The van der Waals surface area contributed by atoms with E-state index >= 15 is 0 Å². The van der Waals surface area contributed by atoms with Crippen LogP contribution in [0.5, 0.6) is 0 Å². The van der Waals surface area contributed by atoms with Crippen molar-refractivity contribution >= 4 is 5.96 Å². The third kappa shape index (κ3) is 7.96. The number of guanidine groups is 1. The van der Waals surface area contributed by atoms with Crippen molar-refractivity contribution in [3.05, 3.63) is 0 Å². The third-order valence-electron chi connectivity index (χ3n) is 6.38. The molecule has 0 atom stereocenters. The highest BCUT2D eigenvalue weighted by atomic mass is 16.5. The fourth-order valence-corrected chi connectivity index (χ4v) is 4.44. The van der Waals surface area contributed by atoms with Gasteiger partial charge < -0.3 is 25.0 Å². The Hall–Kier alpha value is -0.850. The van der Waals surface area contributed by atoms with Crippen molar-refractivity contribution in [2.45, 2.75) is 51.9 Å². The molecule has 2 aliphatic rings. The van der Waals surface area contributed by atoms with Crippen LogP contribution >= 0.6 is 0 Å². The molecule has 1 heterocycles. The molecule has 1 aliphatic heterocycles. The fraction of sp³-hybridized carbons (Fsp3) is 0.952. The molecule has 0 amide bonds. The molecule has 1 saturated heterocycles. The van der Waals surface area contributed by atoms with E-state index in [1.165, 1.54) is 51.6 Å². The van der Waals surface area contributed by atoms with Crippen LogP contribution in [0.1, 0.15) is 51.9 Å². The van der Waals surface area contributed by atoms with Crippen LogP contribution in [0, 0.1) is 11.3 Å². The van der Waals surface area contributed by atoms with Crippen molar-refractivity contribution in [1.82, 2.24) is 15.5 Å². The van der Waals surface area contributed by atoms with E-state index < -0.39 is 0 Å². The summed E-state index contributed by atoms with van der Waals surface area (Å²) in [6.45, 7) is 10.1. The average molecular weight is 383 g/mol. The van der Waals surface area contributed by atoms with Gasteiger partial charge in [0.05, 0.1) is 6.61 Å². The maximum atomic E-state index is 5.63. The van der Waals surface area contributed by atoms with Gasteiger partial charge in [0, 0.05) is 47.0 Å². The molecule has 2 N–H and O–H groups in total. The van der Waals surface area contributed by atoms with Gasteiger partial charge in [0.1, 0.15) is 0 Å². The summed E-state index contributed by atoms with van der Waals surface area (Å²) < 4.78 is 10.8. The number of piperidine rings is 1. The van der Waals surface area contributed by atoms with Gasteiger partial charge in [0.15, 0.2) is 5.96 Å². The topological polar surface area (TPSA) is 58.1 Å². The fourth-order valence-electron chi connectivity index (χ4n) is 4.44. The van der Waals surface area contributed by atoms with E-state index in [2.05, 4.69) is 27.4 Å². The van der Waals surface area contributed by atoms with E-state index in [4.69, 9.17) is 9.47 Å². The van der Waals surface area contributed by atoms with Crippen molar-refractivity contribution < 1.29 is 9.47 Å². The van der Waals surface area contributed by atoms with Crippen molar-refractivity contribution in [2.24, 2.45) is 16.3 Å². The summed E-state index contributed by atoms with van der Waals surface area (Å²) in [6.07, 6.45) is 8.99. The summed E-state index contributed by atoms with van der Waals surface area (Å²) in [6, 6.07) is 0. The second-order valence-electron chi connectivity index (χ2n) is 8.24. The third-order valence-corrected chi connectivity index (χ3v) is 6.38. The second kappa shape index (κ2) is 12.6. The Kier molecular flexibility index (Phi) is 10.5. The van der Waals surface area contributed by atoms with Gasteiger partial charge in [0.25, 0.3) is 0 Å². The molecule has 27 heavy (non-hydrogen) atoms. The lowest BCUT2D eigenvalue weighted by molar-refractivity contribution is 0.105. The molecule has 0 radical (unpaired) electrons. The quantitative estimate of drug-likeness (QED) is 0.327. The van der Waals surface area contributed by atoms with E-state index in [1.54, 1.807) is 7.11 Å². The molecule has 1 saturated carbocycles. The monoisotopic (exact) mass is 382 g/mol. The van der Waals surface area contributed by atoms with Crippen molar-refractivity contribution in [1.29, 1.82) is 0 Å². The maximum absolute atomic E-state index is 5.63. The van der Waals surface area contributed by atoms with Crippen LogP contribution in [-0.2, 0) is 9.47 Å². The first-order valence-corrected chi connectivity index (χ1v) is 10.9. The average Bonchev–Trinajstić information content (AvgIpc) is 3.16. The Labute approximate surface area is 166 Å². The number of rotatable bonds is 11. The number of likely N-dealkylation sites (tertiary alicyclic amines) is 1. The van der Waals surface area contributed by atoms with Gasteiger partial charge in [-0.2, -0.15) is 0 Å². The van der Waals surface area contributed by atoms with E-state index in [0.717, 1.165) is 57.8 Å². The largest absolute Gasteiger partial charge is 0.383 e. The highest BCUT2D eigenvalue weighted by molar-refractivity contribution is 5.79. The Bertz CT molecular complexity index is 416. The number of methoxy groups -OCH3 is 1. The number of nitrogens with one attached hydrogen (secondary N) is 2. The van der Waals surface area contributed by atoms with E-state index in [0.29, 0.717) is 5.41 Å². The number of aliphatic imine (C=N–C) groups is 1. The summed E-state index contributed by atoms with van der Waals surface area (Å²) in [5.74, 6) is 1.69. The first kappa shape index (κ1) is 22.4. The minimum atomic E-state index is 0.388.